The van der Waals surface area contributed by atoms with E-state index in [4.69, 9.17) is 4.74 Å². The summed E-state index contributed by atoms with van der Waals surface area (Å²) in [5, 5.41) is 4.65. The van der Waals surface area contributed by atoms with Crippen molar-refractivity contribution in [2.45, 2.75) is 4.90 Å². The maximum absolute atomic E-state index is 12.0. The number of nitrogens with one attached hydrogen (secondary N) is 1. The van der Waals surface area contributed by atoms with Crippen molar-refractivity contribution in [3.8, 4) is 5.75 Å². The number of anilines is 1. The van der Waals surface area contributed by atoms with Crippen LogP contribution in [0.4, 0.5) is 5.69 Å². The zero-order chi connectivity index (χ0) is 17.5. The second-order valence-electron chi connectivity index (χ2n) is 5.03. The van der Waals surface area contributed by atoms with E-state index in [9.17, 15) is 9.59 Å². The first-order chi connectivity index (χ1) is 12.2. The Morgan fingerprint density at radius 3 is 2.40 bits per heavy atom. The smallest absolute Gasteiger partial charge is 0.321 e. The van der Waals surface area contributed by atoms with Gasteiger partial charge in [0, 0.05) is 10.6 Å². The van der Waals surface area contributed by atoms with E-state index in [-0.39, 0.29) is 17.6 Å². The molecule has 0 saturated carbocycles. The minimum Gasteiger partial charge on any atom is -0.426 e. The number of ether oxygens (including phenoxy) is 1. The van der Waals surface area contributed by atoms with Gasteiger partial charge in [0.2, 0.25) is 0 Å². The fraction of sp³-hybridized carbons (Fsp3) is 0.0526. The number of amides is 1. The Bertz CT molecular complexity index is 831. The number of hydrogen-bond donors (Lipinski definition) is 1. The third-order valence-electron chi connectivity index (χ3n) is 3.19. The van der Waals surface area contributed by atoms with E-state index in [1.54, 1.807) is 30.3 Å². The van der Waals surface area contributed by atoms with Gasteiger partial charge in [0.15, 0.2) is 0 Å². The molecule has 0 bridgehead atoms. The lowest BCUT2D eigenvalue weighted by atomic mass is 10.3. The van der Waals surface area contributed by atoms with Gasteiger partial charge < -0.3 is 10.1 Å². The number of thiophene rings is 1. The average Bonchev–Trinajstić information content (AvgIpc) is 3.17. The number of rotatable bonds is 6. The van der Waals surface area contributed by atoms with Crippen LogP contribution < -0.4 is 10.1 Å². The molecule has 0 fully saturated rings. The molecule has 0 radical (unpaired) electrons. The first kappa shape index (κ1) is 17.3. The predicted octanol–water partition coefficient (Wildman–Crippen LogP) is 4.70. The van der Waals surface area contributed by atoms with E-state index >= 15 is 0 Å². The Hall–Kier alpha value is -2.57. The van der Waals surface area contributed by atoms with Crippen molar-refractivity contribution in [1.29, 1.82) is 0 Å². The van der Waals surface area contributed by atoms with E-state index in [1.807, 2.05) is 41.8 Å². The Morgan fingerprint density at radius 2 is 1.72 bits per heavy atom. The van der Waals surface area contributed by atoms with E-state index in [0.29, 0.717) is 16.3 Å². The summed E-state index contributed by atoms with van der Waals surface area (Å²) in [7, 11) is 0. The van der Waals surface area contributed by atoms with Crippen molar-refractivity contribution < 1.29 is 14.3 Å². The van der Waals surface area contributed by atoms with Gasteiger partial charge in [0.05, 0.1) is 10.6 Å². The Labute approximate surface area is 153 Å². The number of thioether (sulfide) groups is 1. The molecule has 6 heteroatoms. The molecule has 0 aliphatic carbocycles. The number of carbonyl (C=O) groups excluding carboxylic acids is 2. The summed E-state index contributed by atoms with van der Waals surface area (Å²) in [6, 6.07) is 20.0. The summed E-state index contributed by atoms with van der Waals surface area (Å²) < 4.78 is 5.30. The van der Waals surface area contributed by atoms with Gasteiger partial charge in [-0.05, 0) is 47.8 Å². The van der Waals surface area contributed by atoms with Crippen LogP contribution in [0.1, 0.15) is 9.67 Å². The Kier molecular flexibility index (Phi) is 5.87. The lowest BCUT2D eigenvalue weighted by Crippen LogP contribution is -2.11. The maximum Gasteiger partial charge on any atom is 0.321 e. The van der Waals surface area contributed by atoms with Crippen molar-refractivity contribution in [3.05, 3.63) is 77.0 Å². The quantitative estimate of drug-likeness (QED) is 0.389. The van der Waals surface area contributed by atoms with Crippen molar-refractivity contribution >= 4 is 40.7 Å². The highest BCUT2D eigenvalue weighted by atomic mass is 32.2. The lowest BCUT2D eigenvalue weighted by molar-refractivity contribution is -0.131. The molecule has 0 spiro atoms. The normalized spacial score (nSPS) is 10.2. The Balaban J connectivity index is 1.50. The topological polar surface area (TPSA) is 55.4 Å². The largest absolute Gasteiger partial charge is 0.426 e. The zero-order valence-electron chi connectivity index (χ0n) is 13.2. The fourth-order valence-corrected chi connectivity index (χ4v) is 3.34. The maximum atomic E-state index is 12.0. The standard InChI is InChI=1S/C19H15NO3S2/c21-18(13-25-16-5-2-1-3-6-16)23-15-10-8-14(9-11-15)20-19(22)17-7-4-12-24-17/h1-12H,13H2,(H,20,22). The third-order valence-corrected chi connectivity index (χ3v) is 5.04. The minimum atomic E-state index is -0.316. The summed E-state index contributed by atoms with van der Waals surface area (Å²) in [6.45, 7) is 0. The van der Waals surface area contributed by atoms with Crippen molar-refractivity contribution in [1.82, 2.24) is 0 Å². The van der Waals surface area contributed by atoms with Gasteiger partial charge in [0.25, 0.3) is 5.91 Å². The molecule has 0 aliphatic heterocycles. The molecule has 1 heterocycles. The van der Waals surface area contributed by atoms with Crippen LogP contribution in [-0.4, -0.2) is 17.6 Å². The summed E-state index contributed by atoms with van der Waals surface area (Å²) in [5.74, 6) is 0.219. The molecular formula is C19H15NO3S2. The summed E-state index contributed by atoms with van der Waals surface area (Å²) >= 11 is 2.81. The highest BCUT2D eigenvalue weighted by Crippen LogP contribution is 2.20. The second kappa shape index (κ2) is 8.50. The van der Waals surface area contributed by atoms with Crippen LogP contribution in [0, 0.1) is 0 Å². The minimum absolute atomic E-state index is 0.154. The summed E-state index contributed by atoms with van der Waals surface area (Å²) in [5.41, 5.74) is 0.650. The monoisotopic (exact) mass is 369 g/mol. The molecule has 1 N–H and O–H groups in total. The molecule has 2 aromatic carbocycles. The van der Waals surface area contributed by atoms with Gasteiger partial charge in [0.1, 0.15) is 5.75 Å². The zero-order valence-corrected chi connectivity index (χ0v) is 14.8. The number of benzene rings is 2. The highest BCUT2D eigenvalue weighted by molar-refractivity contribution is 8.00. The first-order valence-electron chi connectivity index (χ1n) is 7.54. The van der Waals surface area contributed by atoms with Crippen molar-refractivity contribution in [2.75, 3.05) is 11.1 Å². The van der Waals surface area contributed by atoms with Crippen LogP contribution in [0.3, 0.4) is 0 Å². The van der Waals surface area contributed by atoms with Gasteiger partial charge >= 0.3 is 5.97 Å². The van der Waals surface area contributed by atoms with E-state index in [1.165, 1.54) is 23.1 Å². The molecule has 25 heavy (non-hydrogen) atoms. The van der Waals surface area contributed by atoms with Gasteiger partial charge in [-0.15, -0.1) is 23.1 Å². The highest BCUT2D eigenvalue weighted by Gasteiger charge is 2.08. The molecular weight excluding hydrogens is 354 g/mol. The molecule has 3 aromatic rings. The van der Waals surface area contributed by atoms with Gasteiger partial charge in [-0.3, -0.25) is 9.59 Å². The van der Waals surface area contributed by atoms with Gasteiger partial charge in [-0.25, -0.2) is 0 Å². The van der Waals surface area contributed by atoms with E-state index in [0.717, 1.165) is 4.90 Å². The molecule has 3 rings (SSSR count). The molecule has 126 valence electrons. The second-order valence-corrected chi connectivity index (χ2v) is 7.03. The van der Waals surface area contributed by atoms with Crippen LogP contribution >= 0.6 is 23.1 Å². The molecule has 4 nitrogen and oxygen atoms in total. The van der Waals surface area contributed by atoms with Crippen molar-refractivity contribution in [2.24, 2.45) is 0 Å². The number of carbonyl (C=O) groups is 2. The van der Waals surface area contributed by atoms with Crippen LogP contribution in [0.2, 0.25) is 0 Å². The molecule has 0 unspecified atom stereocenters. The molecule has 0 saturated heterocycles. The molecule has 0 aliphatic rings. The van der Waals surface area contributed by atoms with Gasteiger partial charge in [-0.1, -0.05) is 24.3 Å². The average molecular weight is 369 g/mol. The molecule has 1 aromatic heterocycles. The number of hydrogen-bond acceptors (Lipinski definition) is 5. The van der Waals surface area contributed by atoms with E-state index < -0.39 is 0 Å². The first-order valence-corrected chi connectivity index (χ1v) is 9.41. The summed E-state index contributed by atoms with van der Waals surface area (Å²) in [6.07, 6.45) is 0. The van der Waals surface area contributed by atoms with Crippen LogP contribution in [-0.2, 0) is 4.79 Å². The lowest BCUT2D eigenvalue weighted by Gasteiger charge is -2.07. The molecule has 1 amide bonds. The third kappa shape index (κ3) is 5.20. The SMILES string of the molecule is O=C(CSc1ccccc1)Oc1ccc(NC(=O)c2cccs2)cc1. The number of esters is 1. The van der Waals surface area contributed by atoms with E-state index in [2.05, 4.69) is 5.32 Å². The molecule has 0 atom stereocenters. The van der Waals surface area contributed by atoms with Gasteiger partial charge in [-0.2, -0.15) is 0 Å². The predicted molar refractivity (Wildman–Crippen MR) is 102 cm³/mol. The summed E-state index contributed by atoms with van der Waals surface area (Å²) in [4.78, 5) is 25.5. The van der Waals surface area contributed by atoms with Crippen LogP contribution in [0.5, 0.6) is 5.75 Å². The fourth-order valence-electron chi connectivity index (χ4n) is 2.03. The van der Waals surface area contributed by atoms with Crippen LogP contribution in [0.25, 0.3) is 0 Å². The van der Waals surface area contributed by atoms with Crippen molar-refractivity contribution in [3.63, 3.8) is 0 Å². The Morgan fingerprint density at radius 1 is 0.960 bits per heavy atom. The van der Waals surface area contributed by atoms with Crippen LogP contribution in [0.15, 0.2) is 77.0 Å².